The minimum Gasteiger partial charge on any atom is -0.464 e. The quantitative estimate of drug-likeness (QED) is 0.193. The van der Waals surface area contributed by atoms with Gasteiger partial charge in [-0.1, -0.05) is 133 Å². The second-order valence-electron chi connectivity index (χ2n) is 12.0. The van der Waals surface area contributed by atoms with Gasteiger partial charge in [-0.15, -0.1) is 0 Å². The molecule has 2 heteroatoms. The van der Waals surface area contributed by atoms with Crippen LogP contribution in [0, 0.1) is 0 Å². The van der Waals surface area contributed by atoms with Gasteiger partial charge >= 0.3 is 0 Å². The second kappa shape index (κ2) is 9.69. The van der Waals surface area contributed by atoms with Crippen molar-refractivity contribution in [3.05, 3.63) is 158 Å². The summed E-state index contributed by atoms with van der Waals surface area (Å²) in [6.07, 6.45) is 1.78. The minimum atomic E-state index is 0.912. The van der Waals surface area contributed by atoms with Gasteiger partial charge in [0.15, 0.2) is 0 Å². The van der Waals surface area contributed by atoms with E-state index >= 15 is 0 Å². The molecule has 0 N–H and O–H groups in total. The molecule has 0 aliphatic rings. The van der Waals surface area contributed by atoms with Gasteiger partial charge in [0.05, 0.1) is 6.26 Å². The summed E-state index contributed by atoms with van der Waals surface area (Å²) in [5.41, 5.74) is 9.73. The summed E-state index contributed by atoms with van der Waals surface area (Å²) < 4.78 is 12.6. The van der Waals surface area contributed by atoms with E-state index in [1.807, 2.05) is 12.1 Å². The maximum absolute atomic E-state index is 6.55. The fraction of sp³-hybridized carbons (Fsp3) is 0. The van der Waals surface area contributed by atoms with Crippen LogP contribution in [-0.4, -0.2) is 0 Å². The summed E-state index contributed by atoms with van der Waals surface area (Å²) in [5, 5.41) is 10.7. The van der Waals surface area contributed by atoms with Gasteiger partial charge in [-0.2, -0.15) is 0 Å². The molecule has 2 heterocycles. The molecule has 0 aliphatic carbocycles. The van der Waals surface area contributed by atoms with Gasteiger partial charge < -0.3 is 8.83 Å². The first kappa shape index (κ1) is 25.2. The Hall–Kier alpha value is -6.12. The summed E-state index contributed by atoms with van der Waals surface area (Å²) in [7, 11) is 0. The van der Waals surface area contributed by atoms with E-state index < -0.39 is 0 Å². The standard InChI is InChI=1S/C44H26O2/c1-2-12-31-30(10-1)26-38(44-42(31)36-17-7-8-19-39(36)46-44)27-20-22-28(23-21-27)40-32-13-3-5-15-34(32)41(35-16-6-4-14-33(35)40)37-18-9-11-29-24-25-45-43(29)37/h1-26H. The molecular formula is C44H26O2. The molecule has 10 rings (SSSR count). The van der Waals surface area contributed by atoms with Gasteiger partial charge in [-0.25, -0.2) is 0 Å². The van der Waals surface area contributed by atoms with Crippen molar-refractivity contribution in [1.29, 1.82) is 0 Å². The Morgan fingerprint density at radius 1 is 0.370 bits per heavy atom. The van der Waals surface area contributed by atoms with Crippen molar-refractivity contribution in [1.82, 2.24) is 0 Å². The van der Waals surface area contributed by atoms with Crippen LogP contribution in [0.15, 0.2) is 167 Å². The van der Waals surface area contributed by atoms with Gasteiger partial charge in [-0.3, -0.25) is 0 Å². The molecule has 0 atom stereocenters. The van der Waals surface area contributed by atoms with Gasteiger partial charge in [0, 0.05) is 32.8 Å². The first-order valence-corrected chi connectivity index (χ1v) is 15.7. The molecule has 214 valence electrons. The van der Waals surface area contributed by atoms with Crippen molar-refractivity contribution in [3.8, 4) is 33.4 Å². The molecule has 0 saturated carbocycles. The number of para-hydroxylation sites is 2. The molecule has 0 fully saturated rings. The first-order valence-electron chi connectivity index (χ1n) is 15.7. The lowest BCUT2D eigenvalue weighted by molar-refractivity contribution is 0.617. The average molecular weight is 587 g/mol. The molecule has 0 spiro atoms. The van der Waals surface area contributed by atoms with Gasteiger partial charge in [0.25, 0.3) is 0 Å². The number of benzene rings is 8. The second-order valence-corrected chi connectivity index (χ2v) is 12.0. The van der Waals surface area contributed by atoms with Crippen LogP contribution in [0.25, 0.3) is 98.6 Å². The predicted molar refractivity (Wildman–Crippen MR) is 192 cm³/mol. The lowest BCUT2D eigenvalue weighted by atomic mass is 9.85. The van der Waals surface area contributed by atoms with Crippen LogP contribution in [0.1, 0.15) is 0 Å². The van der Waals surface area contributed by atoms with Gasteiger partial charge in [0.2, 0.25) is 0 Å². The van der Waals surface area contributed by atoms with E-state index in [0.717, 1.165) is 44.2 Å². The largest absolute Gasteiger partial charge is 0.464 e. The molecule has 0 radical (unpaired) electrons. The first-order chi connectivity index (χ1) is 22.8. The molecule has 0 saturated heterocycles. The molecular weight excluding hydrogens is 560 g/mol. The molecule has 10 aromatic rings. The van der Waals surface area contributed by atoms with Crippen LogP contribution in [0.4, 0.5) is 0 Å². The molecule has 0 unspecified atom stereocenters. The van der Waals surface area contributed by atoms with E-state index in [1.165, 1.54) is 54.4 Å². The van der Waals surface area contributed by atoms with Crippen LogP contribution in [0.5, 0.6) is 0 Å². The Bertz CT molecular complexity index is 2740. The highest BCUT2D eigenvalue weighted by atomic mass is 16.3. The predicted octanol–water partition coefficient (Wildman–Crippen LogP) is 12.8. The van der Waals surface area contributed by atoms with Crippen molar-refractivity contribution < 1.29 is 8.83 Å². The maximum Gasteiger partial charge on any atom is 0.143 e. The van der Waals surface area contributed by atoms with Crippen molar-refractivity contribution in [3.63, 3.8) is 0 Å². The van der Waals surface area contributed by atoms with Crippen LogP contribution < -0.4 is 0 Å². The molecule has 0 bridgehead atoms. The molecule has 2 nitrogen and oxygen atoms in total. The van der Waals surface area contributed by atoms with E-state index in [4.69, 9.17) is 8.83 Å². The van der Waals surface area contributed by atoms with Crippen LogP contribution >= 0.6 is 0 Å². The zero-order valence-corrected chi connectivity index (χ0v) is 24.8. The maximum atomic E-state index is 6.55. The van der Waals surface area contributed by atoms with Crippen molar-refractivity contribution in [2.75, 3.05) is 0 Å². The van der Waals surface area contributed by atoms with E-state index in [1.54, 1.807) is 6.26 Å². The summed E-state index contributed by atoms with van der Waals surface area (Å²) in [6.45, 7) is 0. The molecule has 46 heavy (non-hydrogen) atoms. The van der Waals surface area contributed by atoms with Crippen LogP contribution in [0.2, 0.25) is 0 Å². The molecule has 0 amide bonds. The Labute approximate surface area is 264 Å². The number of fused-ring (bicyclic) bond motifs is 8. The van der Waals surface area contributed by atoms with Gasteiger partial charge in [-0.05, 0) is 67.2 Å². The minimum absolute atomic E-state index is 0.912. The van der Waals surface area contributed by atoms with E-state index in [-0.39, 0.29) is 0 Å². The van der Waals surface area contributed by atoms with Crippen molar-refractivity contribution in [2.45, 2.75) is 0 Å². The van der Waals surface area contributed by atoms with E-state index in [2.05, 4.69) is 140 Å². The monoisotopic (exact) mass is 586 g/mol. The third-order valence-electron chi connectivity index (χ3n) is 9.53. The van der Waals surface area contributed by atoms with Crippen molar-refractivity contribution in [2.24, 2.45) is 0 Å². The Kier molecular flexibility index (Phi) is 5.31. The molecule has 2 aromatic heterocycles. The third kappa shape index (κ3) is 3.59. The zero-order valence-electron chi connectivity index (χ0n) is 24.8. The lowest BCUT2D eigenvalue weighted by Crippen LogP contribution is -1.91. The zero-order chi connectivity index (χ0) is 30.2. The topological polar surface area (TPSA) is 26.3 Å². The highest BCUT2D eigenvalue weighted by molar-refractivity contribution is 6.24. The summed E-state index contributed by atoms with van der Waals surface area (Å²) in [4.78, 5) is 0. The number of furan rings is 2. The summed E-state index contributed by atoms with van der Waals surface area (Å²) in [5.74, 6) is 0. The lowest BCUT2D eigenvalue weighted by Gasteiger charge is -2.18. The highest BCUT2D eigenvalue weighted by Crippen LogP contribution is 2.46. The number of rotatable bonds is 3. The van der Waals surface area contributed by atoms with Gasteiger partial charge in [0.1, 0.15) is 16.7 Å². The summed E-state index contributed by atoms with van der Waals surface area (Å²) >= 11 is 0. The molecule has 0 aliphatic heterocycles. The fourth-order valence-electron chi connectivity index (χ4n) is 7.52. The SMILES string of the molecule is c1cc(-c2c3ccccc3c(-c3ccc(-c4cc5ccccc5c5c4oc4ccccc45)cc3)c3ccccc23)c2occc2c1. The van der Waals surface area contributed by atoms with E-state index in [0.29, 0.717) is 0 Å². The number of hydrogen-bond acceptors (Lipinski definition) is 2. The fourth-order valence-corrected chi connectivity index (χ4v) is 7.52. The average Bonchev–Trinajstić information content (AvgIpc) is 3.76. The van der Waals surface area contributed by atoms with Crippen LogP contribution in [0.3, 0.4) is 0 Å². The Morgan fingerprint density at radius 3 is 1.70 bits per heavy atom. The Morgan fingerprint density at radius 2 is 0.957 bits per heavy atom. The number of hydrogen-bond donors (Lipinski definition) is 0. The normalized spacial score (nSPS) is 11.9. The summed E-state index contributed by atoms with van der Waals surface area (Å²) in [6, 6.07) is 54.2. The third-order valence-corrected chi connectivity index (χ3v) is 9.53. The smallest absolute Gasteiger partial charge is 0.143 e. The molecule has 8 aromatic carbocycles. The Balaban J connectivity index is 1.21. The highest BCUT2D eigenvalue weighted by Gasteiger charge is 2.20. The van der Waals surface area contributed by atoms with Crippen LogP contribution in [-0.2, 0) is 0 Å². The van der Waals surface area contributed by atoms with Crippen molar-refractivity contribution >= 4 is 65.2 Å². The van der Waals surface area contributed by atoms with E-state index in [9.17, 15) is 0 Å².